The van der Waals surface area contributed by atoms with Crippen LogP contribution in [-0.2, 0) is 6.42 Å². The molecule has 1 aliphatic carbocycles. The van der Waals surface area contributed by atoms with E-state index in [1.807, 2.05) is 6.07 Å². The zero-order valence-electron chi connectivity index (χ0n) is 16.0. The van der Waals surface area contributed by atoms with Crippen molar-refractivity contribution in [1.29, 1.82) is 0 Å². The van der Waals surface area contributed by atoms with Crippen molar-refractivity contribution in [2.24, 2.45) is 5.92 Å². The Balaban J connectivity index is 1.71. The summed E-state index contributed by atoms with van der Waals surface area (Å²) in [5.74, 6) is 0.518. The maximum Gasteiger partial charge on any atom is 0.269 e. The minimum absolute atomic E-state index is 0.161. The van der Waals surface area contributed by atoms with Gasteiger partial charge < -0.3 is 5.32 Å². The predicted molar refractivity (Wildman–Crippen MR) is 111 cm³/mol. The molecule has 2 aliphatic rings. The third-order valence-electron chi connectivity index (χ3n) is 6.36. The van der Waals surface area contributed by atoms with Gasteiger partial charge in [-0.25, -0.2) is 0 Å². The number of nitrogens with zero attached hydrogens (tertiary/aromatic N) is 1. The van der Waals surface area contributed by atoms with E-state index in [0.29, 0.717) is 5.92 Å². The van der Waals surface area contributed by atoms with Crippen LogP contribution in [-0.4, -0.2) is 4.92 Å². The van der Waals surface area contributed by atoms with E-state index in [2.05, 4.69) is 61.6 Å². The molecular formula is C24H22N2O2. The molecule has 0 saturated heterocycles. The van der Waals surface area contributed by atoms with Crippen molar-refractivity contribution in [3.8, 4) is 0 Å². The van der Waals surface area contributed by atoms with Crippen LogP contribution in [0.1, 0.15) is 45.3 Å². The lowest BCUT2D eigenvalue weighted by Gasteiger charge is -2.38. The molecule has 0 unspecified atom stereocenters. The number of rotatable bonds is 2. The Hall–Kier alpha value is -3.14. The number of hydrogen-bond donors (Lipinski definition) is 1. The van der Waals surface area contributed by atoms with Gasteiger partial charge in [0.25, 0.3) is 5.69 Å². The van der Waals surface area contributed by atoms with Crippen molar-refractivity contribution in [3.05, 3.63) is 104 Å². The molecule has 3 aromatic rings. The molecule has 0 fully saturated rings. The molecule has 0 spiro atoms. The molecule has 1 N–H and O–H groups in total. The fourth-order valence-electron chi connectivity index (χ4n) is 5.06. The van der Waals surface area contributed by atoms with Gasteiger partial charge in [-0.15, -0.1) is 0 Å². The normalized spacial score (nSPS) is 22.0. The highest BCUT2D eigenvalue weighted by Gasteiger charge is 2.44. The van der Waals surface area contributed by atoms with Crippen LogP contribution in [0.5, 0.6) is 0 Å². The van der Waals surface area contributed by atoms with Gasteiger partial charge in [0.1, 0.15) is 0 Å². The number of non-ortho nitro benzene ring substituents is 1. The summed E-state index contributed by atoms with van der Waals surface area (Å²) in [6.07, 6.45) is 0.980. The quantitative estimate of drug-likeness (QED) is 0.466. The molecule has 4 heteroatoms. The smallest absolute Gasteiger partial charge is 0.269 e. The summed E-state index contributed by atoms with van der Waals surface area (Å²) in [6, 6.07) is 20.6. The fraction of sp³-hybridized carbons (Fsp3) is 0.250. The lowest BCUT2D eigenvalue weighted by molar-refractivity contribution is -0.384. The Morgan fingerprint density at radius 1 is 0.964 bits per heavy atom. The lowest BCUT2D eigenvalue weighted by atomic mass is 9.74. The second-order valence-corrected chi connectivity index (χ2v) is 8.06. The van der Waals surface area contributed by atoms with Crippen molar-refractivity contribution in [2.45, 2.75) is 32.2 Å². The summed E-state index contributed by atoms with van der Waals surface area (Å²) in [7, 11) is 0. The van der Waals surface area contributed by atoms with Gasteiger partial charge >= 0.3 is 0 Å². The van der Waals surface area contributed by atoms with Gasteiger partial charge in [-0.3, -0.25) is 10.1 Å². The maximum absolute atomic E-state index is 11.4. The van der Waals surface area contributed by atoms with Crippen molar-refractivity contribution in [2.75, 3.05) is 5.32 Å². The number of nitrogens with one attached hydrogen (secondary N) is 1. The van der Waals surface area contributed by atoms with Crippen molar-refractivity contribution < 1.29 is 4.92 Å². The summed E-state index contributed by atoms with van der Waals surface area (Å²) in [5, 5.41) is 15.1. The van der Waals surface area contributed by atoms with E-state index in [4.69, 9.17) is 0 Å². The van der Waals surface area contributed by atoms with Crippen LogP contribution < -0.4 is 5.32 Å². The summed E-state index contributed by atoms with van der Waals surface area (Å²) >= 11 is 0. The summed E-state index contributed by atoms with van der Waals surface area (Å²) in [4.78, 5) is 11.1. The molecule has 4 nitrogen and oxygen atoms in total. The molecule has 28 heavy (non-hydrogen) atoms. The standard InChI is InChI=1S/C24H22N2O2/c1-14-7-8-15(2)19(11-14)24-21-12-16-5-3-4-6-18(16)23(21)20-13-17(26(27)28)9-10-22(20)25-24/h3-11,13,21,23-25H,12H2,1-2H3/t21-,23+,24-/m0/s1. The molecule has 0 bridgehead atoms. The number of benzene rings is 3. The van der Waals surface area contributed by atoms with Crippen LogP contribution in [0.4, 0.5) is 11.4 Å². The first-order valence-electron chi connectivity index (χ1n) is 9.73. The third-order valence-corrected chi connectivity index (χ3v) is 6.36. The van der Waals surface area contributed by atoms with Crippen LogP contribution >= 0.6 is 0 Å². The van der Waals surface area contributed by atoms with Crippen LogP contribution in [0, 0.1) is 29.9 Å². The topological polar surface area (TPSA) is 55.2 Å². The highest BCUT2D eigenvalue weighted by atomic mass is 16.6. The molecule has 0 radical (unpaired) electrons. The van der Waals surface area contributed by atoms with E-state index < -0.39 is 0 Å². The Morgan fingerprint density at radius 3 is 2.61 bits per heavy atom. The molecule has 5 rings (SSSR count). The van der Waals surface area contributed by atoms with E-state index in [-0.39, 0.29) is 22.6 Å². The van der Waals surface area contributed by atoms with Crippen LogP contribution in [0.15, 0.2) is 60.7 Å². The van der Waals surface area contributed by atoms with Gasteiger partial charge in [-0.1, -0.05) is 48.0 Å². The predicted octanol–water partition coefficient (Wildman–Crippen LogP) is 5.68. The number of nitro groups is 1. The average molecular weight is 370 g/mol. The van der Waals surface area contributed by atoms with Crippen molar-refractivity contribution >= 4 is 11.4 Å². The summed E-state index contributed by atoms with van der Waals surface area (Å²) in [6.45, 7) is 4.29. The van der Waals surface area contributed by atoms with Crippen LogP contribution in [0.25, 0.3) is 0 Å². The molecular weight excluding hydrogens is 348 g/mol. The van der Waals surface area contributed by atoms with E-state index >= 15 is 0 Å². The number of nitro benzene ring substituents is 1. The zero-order valence-corrected chi connectivity index (χ0v) is 16.0. The van der Waals surface area contributed by atoms with Gasteiger partial charge in [0, 0.05) is 23.7 Å². The SMILES string of the molecule is Cc1ccc(C)c([C@@H]2Nc3ccc([N+](=O)[O-])cc3[C@H]3c4ccccc4C[C@@H]32)c1. The minimum atomic E-state index is -0.299. The van der Waals surface area contributed by atoms with E-state index in [1.165, 1.54) is 27.8 Å². The molecule has 0 aromatic heterocycles. The van der Waals surface area contributed by atoms with Gasteiger partial charge in [0.15, 0.2) is 0 Å². The Kier molecular flexibility index (Phi) is 3.76. The second kappa shape index (κ2) is 6.20. The highest BCUT2D eigenvalue weighted by molar-refractivity contribution is 5.65. The fourth-order valence-corrected chi connectivity index (χ4v) is 5.06. The molecule has 0 amide bonds. The molecule has 3 atom stereocenters. The van der Waals surface area contributed by atoms with E-state index in [9.17, 15) is 10.1 Å². The largest absolute Gasteiger partial charge is 0.378 e. The van der Waals surface area contributed by atoms with E-state index in [0.717, 1.165) is 17.7 Å². The van der Waals surface area contributed by atoms with Crippen molar-refractivity contribution in [3.63, 3.8) is 0 Å². The van der Waals surface area contributed by atoms with Gasteiger partial charge in [-0.2, -0.15) is 0 Å². The third kappa shape index (κ3) is 2.52. The van der Waals surface area contributed by atoms with Gasteiger partial charge in [0.2, 0.25) is 0 Å². The monoisotopic (exact) mass is 370 g/mol. The summed E-state index contributed by atoms with van der Waals surface area (Å²) in [5.41, 5.74) is 8.74. The first-order valence-corrected chi connectivity index (χ1v) is 9.73. The number of anilines is 1. The lowest BCUT2D eigenvalue weighted by Crippen LogP contribution is -2.31. The molecule has 1 heterocycles. The number of aryl methyl sites for hydroxylation is 2. The van der Waals surface area contributed by atoms with Gasteiger partial charge in [-0.05, 0) is 60.1 Å². The molecule has 140 valence electrons. The van der Waals surface area contributed by atoms with Crippen LogP contribution in [0.2, 0.25) is 0 Å². The molecule has 3 aromatic carbocycles. The zero-order chi connectivity index (χ0) is 19.4. The number of hydrogen-bond acceptors (Lipinski definition) is 3. The minimum Gasteiger partial charge on any atom is -0.378 e. The first kappa shape index (κ1) is 17.0. The van der Waals surface area contributed by atoms with E-state index in [1.54, 1.807) is 12.1 Å². The number of fused-ring (bicyclic) bond motifs is 5. The van der Waals surface area contributed by atoms with Crippen LogP contribution in [0.3, 0.4) is 0 Å². The second-order valence-electron chi connectivity index (χ2n) is 8.06. The maximum atomic E-state index is 11.4. The molecule has 1 aliphatic heterocycles. The van der Waals surface area contributed by atoms with Gasteiger partial charge in [0.05, 0.1) is 11.0 Å². The Morgan fingerprint density at radius 2 is 1.79 bits per heavy atom. The average Bonchev–Trinajstić information content (AvgIpc) is 3.08. The first-order chi connectivity index (χ1) is 13.5. The highest BCUT2D eigenvalue weighted by Crippen LogP contribution is 2.54. The Labute approximate surface area is 164 Å². The Bertz CT molecular complexity index is 1110. The summed E-state index contributed by atoms with van der Waals surface area (Å²) < 4.78 is 0. The van der Waals surface area contributed by atoms with Crippen molar-refractivity contribution in [1.82, 2.24) is 0 Å². The molecule has 0 saturated carbocycles.